The van der Waals surface area contributed by atoms with Gasteiger partial charge < -0.3 is 25.2 Å². The van der Waals surface area contributed by atoms with E-state index in [1.54, 1.807) is 0 Å². The third kappa shape index (κ3) is 7.79. The Morgan fingerprint density at radius 1 is 1.05 bits per heavy atom. The van der Waals surface area contributed by atoms with Gasteiger partial charge in [-0.25, -0.2) is 9.97 Å². The predicted molar refractivity (Wildman–Crippen MR) is 82.5 cm³/mol. The zero-order valence-electron chi connectivity index (χ0n) is 12.9. The first-order valence-corrected chi connectivity index (χ1v) is 7.42. The highest BCUT2D eigenvalue weighted by Gasteiger charge is 2.04. The minimum Gasteiger partial charge on any atom is -0.394 e. The van der Waals surface area contributed by atoms with Crippen LogP contribution in [0.25, 0.3) is 0 Å². The van der Waals surface area contributed by atoms with Gasteiger partial charge in [0.2, 0.25) is 0 Å². The van der Waals surface area contributed by atoms with Crippen LogP contribution in [0.15, 0.2) is 6.07 Å². The second-order valence-corrected chi connectivity index (χ2v) is 4.38. The fourth-order valence-corrected chi connectivity index (χ4v) is 1.61. The van der Waals surface area contributed by atoms with E-state index in [0.717, 1.165) is 24.6 Å². The van der Waals surface area contributed by atoms with Gasteiger partial charge in [-0.2, -0.15) is 0 Å². The summed E-state index contributed by atoms with van der Waals surface area (Å²) in [6, 6.07) is 1.87. The number of aromatic nitrogens is 2. The minimum atomic E-state index is 0.0388. The summed E-state index contributed by atoms with van der Waals surface area (Å²) in [7, 11) is 0. The number of anilines is 2. The molecule has 1 rings (SSSR count). The maximum Gasteiger partial charge on any atom is 0.158 e. The molecule has 0 fully saturated rings. The van der Waals surface area contributed by atoms with Crippen LogP contribution in [0.5, 0.6) is 0 Å². The Labute approximate surface area is 126 Å². The van der Waals surface area contributed by atoms with E-state index in [4.69, 9.17) is 14.6 Å². The van der Waals surface area contributed by atoms with Crippen LogP contribution in [0.2, 0.25) is 0 Å². The number of aliphatic hydroxyl groups excluding tert-OH is 1. The molecule has 0 atom stereocenters. The van der Waals surface area contributed by atoms with Gasteiger partial charge in [0.25, 0.3) is 0 Å². The van der Waals surface area contributed by atoms with Crippen LogP contribution < -0.4 is 10.6 Å². The number of nitrogens with zero attached hydrogens (tertiary/aromatic N) is 2. The van der Waals surface area contributed by atoms with Crippen molar-refractivity contribution in [2.45, 2.75) is 26.9 Å². The Morgan fingerprint density at radius 2 is 1.76 bits per heavy atom. The number of hydrogen-bond acceptors (Lipinski definition) is 7. The second-order valence-electron chi connectivity index (χ2n) is 4.38. The first-order valence-electron chi connectivity index (χ1n) is 7.42. The number of rotatable bonds is 12. The maximum atomic E-state index is 8.63. The Hall–Kier alpha value is -1.44. The molecule has 0 aliphatic carbocycles. The average molecular weight is 298 g/mol. The molecule has 0 saturated heterocycles. The van der Waals surface area contributed by atoms with Crippen molar-refractivity contribution in [2.75, 3.05) is 50.2 Å². The molecule has 3 N–H and O–H groups in total. The molecule has 21 heavy (non-hydrogen) atoms. The summed E-state index contributed by atoms with van der Waals surface area (Å²) in [5.74, 6) is 2.18. The first kappa shape index (κ1) is 17.6. The van der Waals surface area contributed by atoms with Crippen LogP contribution in [-0.4, -0.2) is 54.6 Å². The van der Waals surface area contributed by atoms with Gasteiger partial charge >= 0.3 is 0 Å². The molecule has 7 heteroatoms. The fraction of sp³-hybridized carbons (Fsp3) is 0.714. The van der Waals surface area contributed by atoms with Crippen LogP contribution in [-0.2, 0) is 16.1 Å². The number of aliphatic hydroxyl groups is 1. The quantitative estimate of drug-likeness (QED) is 0.501. The van der Waals surface area contributed by atoms with E-state index in [2.05, 4.69) is 27.5 Å². The lowest BCUT2D eigenvalue weighted by atomic mass is 10.4. The van der Waals surface area contributed by atoms with Gasteiger partial charge in [0.05, 0.1) is 19.8 Å². The second kappa shape index (κ2) is 11.2. The zero-order valence-corrected chi connectivity index (χ0v) is 12.9. The van der Waals surface area contributed by atoms with E-state index in [-0.39, 0.29) is 6.61 Å². The monoisotopic (exact) mass is 298 g/mol. The molecule has 7 nitrogen and oxygen atoms in total. The molecule has 0 aliphatic rings. The fourth-order valence-electron chi connectivity index (χ4n) is 1.61. The summed E-state index contributed by atoms with van der Waals surface area (Å²) in [6.07, 6.45) is 1.03. The van der Waals surface area contributed by atoms with E-state index in [1.807, 2.05) is 13.0 Å². The lowest BCUT2D eigenvalue weighted by Crippen LogP contribution is -2.14. The van der Waals surface area contributed by atoms with Crippen molar-refractivity contribution >= 4 is 11.6 Å². The molecule has 0 radical (unpaired) electrons. The average Bonchev–Trinajstić information content (AvgIpc) is 2.50. The van der Waals surface area contributed by atoms with Crippen molar-refractivity contribution in [2.24, 2.45) is 0 Å². The molecular formula is C14H26N4O3. The van der Waals surface area contributed by atoms with E-state index >= 15 is 0 Å². The molecule has 0 amide bonds. The molecule has 0 unspecified atom stereocenters. The highest BCUT2D eigenvalue weighted by atomic mass is 16.5. The maximum absolute atomic E-state index is 8.63. The van der Waals surface area contributed by atoms with Crippen molar-refractivity contribution in [3.05, 3.63) is 11.9 Å². The van der Waals surface area contributed by atoms with Crippen molar-refractivity contribution in [3.63, 3.8) is 0 Å². The van der Waals surface area contributed by atoms with Crippen molar-refractivity contribution in [1.82, 2.24) is 9.97 Å². The SMILES string of the molecule is CCCNc1cc(NCCOCCO)nc(COCC)n1. The van der Waals surface area contributed by atoms with Crippen LogP contribution in [0.3, 0.4) is 0 Å². The molecule has 120 valence electrons. The zero-order chi connectivity index (χ0) is 15.3. The number of hydrogen-bond donors (Lipinski definition) is 3. The lowest BCUT2D eigenvalue weighted by Gasteiger charge is -2.11. The van der Waals surface area contributed by atoms with Gasteiger partial charge in [0.15, 0.2) is 5.82 Å². The standard InChI is InChI=1S/C14H26N4O3/c1-3-5-15-12-10-13(16-6-8-21-9-7-19)18-14(17-12)11-20-4-2/h10,19H,3-9,11H2,1-2H3,(H2,15,16,17,18). The summed E-state index contributed by atoms with van der Waals surface area (Å²) < 4.78 is 10.6. The van der Waals surface area contributed by atoms with E-state index in [9.17, 15) is 0 Å². The molecule has 0 aliphatic heterocycles. The van der Waals surface area contributed by atoms with Crippen LogP contribution in [0, 0.1) is 0 Å². The molecule has 1 aromatic rings. The van der Waals surface area contributed by atoms with Gasteiger partial charge in [-0.05, 0) is 13.3 Å². The van der Waals surface area contributed by atoms with Gasteiger partial charge in [-0.15, -0.1) is 0 Å². The minimum absolute atomic E-state index is 0.0388. The summed E-state index contributed by atoms with van der Waals surface area (Å²) in [5.41, 5.74) is 0. The van der Waals surface area contributed by atoms with E-state index < -0.39 is 0 Å². The third-order valence-corrected chi connectivity index (χ3v) is 2.55. The summed E-state index contributed by atoms with van der Waals surface area (Å²) in [5, 5.41) is 15.1. The van der Waals surface area contributed by atoms with Crippen molar-refractivity contribution < 1.29 is 14.6 Å². The Balaban J connectivity index is 2.57. The van der Waals surface area contributed by atoms with Gasteiger partial charge in [0.1, 0.15) is 18.2 Å². The van der Waals surface area contributed by atoms with E-state index in [0.29, 0.717) is 38.8 Å². The lowest BCUT2D eigenvalue weighted by molar-refractivity contribution is 0.0991. The highest BCUT2D eigenvalue weighted by molar-refractivity contribution is 5.47. The Bertz CT molecular complexity index is 364. The summed E-state index contributed by atoms with van der Waals surface area (Å²) >= 11 is 0. The first-order chi connectivity index (χ1) is 10.3. The Morgan fingerprint density at radius 3 is 2.38 bits per heavy atom. The molecule has 0 saturated carbocycles. The normalized spacial score (nSPS) is 10.6. The van der Waals surface area contributed by atoms with Gasteiger partial charge in [-0.1, -0.05) is 6.92 Å². The van der Waals surface area contributed by atoms with Gasteiger partial charge in [0, 0.05) is 25.8 Å². The van der Waals surface area contributed by atoms with Crippen LogP contribution in [0.1, 0.15) is 26.1 Å². The molecule has 0 bridgehead atoms. The van der Waals surface area contributed by atoms with Crippen LogP contribution >= 0.6 is 0 Å². The van der Waals surface area contributed by atoms with Crippen molar-refractivity contribution in [1.29, 1.82) is 0 Å². The van der Waals surface area contributed by atoms with Crippen LogP contribution in [0.4, 0.5) is 11.6 Å². The highest BCUT2D eigenvalue weighted by Crippen LogP contribution is 2.12. The number of ether oxygens (including phenoxy) is 2. The molecule has 0 aromatic carbocycles. The Kier molecular flexibility index (Phi) is 9.43. The summed E-state index contributed by atoms with van der Waals surface area (Å²) in [6.45, 7) is 7.47. The van der Waals surface area contributed by atoms with Gasteiger partial charge in [-0.3, -0.25) is 0 Å². The largest absolute Gasteiger partial charge is 0.394 e. The third-order valence-electron chi connectivity index (χ3n) is 2.55. The molecular weight excluding hydrogens is 272 g/mol. The topological polar surface area (TPSA) is 88.5 Å². The van der Waals surface area contributed by atoms with Crippen molar-refractivity contribution in [3.8, 4) is 0 Å². The van der Waals surface area contributed by atoms with E-state index in [1.165, 1.54) is 0 Å². The molecule has 0 spiro atoms. The molecule has 1 heterocycles. The molecule has 1 aromatic heterocycles. The summed E-state index contributed by atoms with van der Waals surface area (Å²) in [4.78, 5) is 8.82. The predicted octanol–water partition coefficient (Wildman–Crippen LogP) is 1.26. The number of nitrogens with one attached hydrogen (secondary N) is 2. The smallest absolute Gasteiger partial charge is 0.158 e.